The van der Waals surface area contributed by atoms with E-state index in [2.05, 4.69) is 60.7 Å². The number of carboxylic acid groups (broad SMARTS) is 1. The molecule has 0 unspecified atom stereocenters. The fraction of sp³-hybridized carbons (Fsp3) is 0.562. The van der Waals surface area contributed by atoms with E-state index in [0.29, 0.717) is 11.8 Å². The standard InChI is InChI=1S/C16H21IO2/c1-15(2)7-9-16(10-8-15,14(18)19)11-12-3-5-13(17)6-4-12/h3-6H,7-11H2,1-2H3,(H,18,19). The topological polar surface area (TPSA) is 37.3 Å². The zero-order valence-corrected chi connectivity index (χ0v) is 13.7. The summed E-state index contributed by atoms with van der Waals surface area (Å²) < 4.78 is 1.19. The van der Waals surface area contributed by atoms with E-state index in [9.17, 15) is 9.90 Å². The van der Waals surface area contributed by atoms with E-state index < -0.39 is 11.4 Å². The van der Waals surface area contributed by atoms with Crippen molar-refractivity contribution in [2.45, 2.75) is 46.0 Å². The first-order chi connectivity index (χ1) is 8.83. The predicted molar refractivity (Wildman–Crippen MR) is 85.2 cm³/mol. The minimum Gasteiger partial charge on any atom is -0.481 e. The normalized spacial score (nSPS) is 21.0. The largest absolute Gasteiger partial charge is 0.481 e. The Morgan fingerprint density at radius 3 is 2.16 bits per heavy atom. The number of aliphatic carboxylic acids is 1. The first-order valence-corrected chi connectivity index (χ1v) is 7.89. The van der Waals surface area contributed by atoms with Crippen molar-refractivity contribution in [2.24, 2.45) is 10.8 Å². The van der Waals surface area contributed by atoms with Gasteiger partial charge in [-0.15, -0.1) is 0 Å². The molecule has 0 aliphatic heterocycles. The molecular formula is C16H21IO2. The van der Waals surface area contributed by atoms with Crippen LogP contribution in [0.2, 0.25) is 0 Å². The number of hydrogen-bond donors (Lipinski definition) is 1. The number of benzene rings is 1. The molecule has 1 saturated carbocycles. The van der Waals surface area contributed by atoms with Gasteiger partial charge in [0, 0.05) is 3.57 Å². The van der Waals surface area contributed by atoms with Crippen molar-refractivity contribution in [3.8, 4) is 0 Å². The average molecular weight is 372 g/mol. The molecular weight excluding hydrogens is 351 g/mol. The third kappa shape index (κ3) is 3.50. The molecule has 0 saturated heterocycles. The molecule has 1 N–H and O–H groups in total. The number of carbonyl (C=O) groups is 1. The number of carboxylic acids is 1. The van der Waals surface area contributed by atoms with Gasteiger partial charge in [-0.05, 0) is 77.8 Å². The molecule has 0 atom stereocenters. The molecule has 1 aromatic rings. The smallest absolute Gasteiger partial charge is 0.309 e. The third-order valence-electron chi connectivity index (χ3n) is 4.47. The van der Waals surface area contributed by atoms with E-state index in [1.807, 2.05) is 0 Å². The SMILES string of the molecule is CC1(C)CCC(Cc2ccc(I)cc2)(C(=O)O)CC1. The Kier molecular flexibility index (Phi) is 4.23. The minimum atomic E-state index is -0.624. The first-order valence-electron chi connectivity index (χ1n) is 6.81. The van der Waals surface area contributed by atoms with Crippen LogP contribution >= 0.6 is 22.6 Å². The first kappa shape index (κ1) is 14.8. The fourth-order valence-corrected chi connectivity index (χ4v) is 3.22. The number of rotatable bonds is 3. The molecule has 1 aliphatic carbocycles. The maximum Gasteiger partial charge on any atom is 0.309 e. The quantitative estimate of drug-likeness (QED) is 0.793. The number of hydrogen-bond acceptors (Lipinski definition) is 1. The van der Waals surface area contributed by atoms with Gasteiger partial charge in [0.25, 0.3) is 0 Å². The summed E-state index contributed by atoms with van der Waals surface area (Å²) in [6.07, 6.45) is 4.26. The summed E-state index contributed by atoms with van der Waals surface area (Å²) in [5.41, 5.74) is 0.885. The second kappa shape index (κ2) is 5.43. The Hall–Kier alpha value is -0.580. The van der Waals surface area contributed by atoms with Crippen molar-refractivity contribution in [2.75, 3.05) is 0 Å². The van der Waals surface area contributed by atoms with Crippen LogP contribution in [0.1, 0.15) is 45.1 Å². The highest BCUT2D eigenvalue weighted by Gasteiger charge is 2.43. The van der Waals surface area contributed by atoms with Gasteiger partial charge in [-0.2, -0.15) is 0 Å². The van der Waals surface area contributed by atoms with E-state index in [0.717, 1.165) is 31.2 Å². The summed E-state index contributed by atoms with van der Waals surface area (Å²) in [6.45, 7) is 4.48. The van der Waals surface area contributed by atoms with E-state index in [1.54, 1.807) is 0 Å². The van der Waals surface area contributed by atoms with Gasteiger partial charge in [-0.25, -0.2) is 0 Å². The van der Waals surface area contributed by atoms with Crippen molar-refractivity contribution >= 4 is 28.6 Å². The van der Waals surface area contributed by atoms with Crippen molar-refractivity contribution in [1.29, 1.82) is 0 Å². The van der Waals surface area contributed by atoms with Crippen molar-refractivity contribution in [3.63, 3.8) is 0 Å². The van der Waals surface area contributed by atoms with E-state index in [4.69, 9.17) is 0 Å². The zero-order chi connectivity index (χ0) is 14.1. The van der Waals surface area contributed by atoms with Gasteiger partial charge < -0.3 is 5.11 Å². The van der Waals surface area contributed by atoms with Gasteiger partial charge in [0.05, 0.1) is 5.41 Å². The summed E-state index contributed by atoms with van der Waals surface area (Å²) in [5, 5.41) is 9.67. The highest BCUT2D eigenvalue weighted by molar-refractivity contribution is 14.1. The van der Waals surface area contributed by atoms with Crippen LogP contribution < -0.4 is 0 Å². The predicted octanol–water partition coefficient (Wildman–Crippen LogP) is 4.50. The molecule has 2 nitrogen and oxygen atoms in total. The van der Waals surface area contributed by atoms with E-state index in [-0.39, 0.29) is 0 Å². The van der Waals surface area contributed by atoms with Crippen molar-refractivity contribution in [3.05, 3.63) is 33.4 Å². The van der Waals surface area contributed by atoms with Crippen LogP contribution in [0.15, 0.2) is 24.3 Å². The third-order valence-corrected chi connectivity index (χ3v) is 5.19. The van der Waals surface area contributed by atoms with E-state index >= 15 is 0 Å². The van der Waals surface area contributed by atoms with Gasteiger partial charge in [-0.1, -0.05) is 26.0 Å². The van der Waals surface area contributed by atoms with Crippen molar-refractivity contribution < 1.29 is 9.90 Å². The van der Waals surface area contributed by atoms with Crippen LogP contribution in [0.3, 0.4) is 0 Å². The monoisotopic (exact) mass is 372 g/mol. The second-order valence-electron chi connectivity index (χ2n) is 6.55. The minimum absolute atomic E-state index is 0.297. The van der Waals surface area contributed by atoms with Gasteiger partial charge >= 0.3 is 5.97 Å². The van der Waals surface area contributed by atoms with Gasteiger partial charge in [0.15, 0.2) is 0 Å². The lowest BCUT2D eigenvalue weighted by Gasteiger charge is -2.41. The Bertz CT molecular complexity index is 452. The molecule has 0 spiro atoms. The lowest BCUT2D eigenvalue weighted by Crippen LogP contribution is -2.39. The number of halogens is 1. The fourth-order valence-electron chi connectivity index (χ4n) is 2.86. The average Bonchev–Trinajstić information content (AvgIpc) is 2.35. The molecule has 104 valence electrons. The lowest BCUT2D eigenvalue weighted by molar-refractivity contribution is -0.152. The molecule has 19 heavy (non-hydrogen) atoms. The maximum atomic E-state index is 11.8. The molecule has 0 aromatic heterocycles. The van der Waals surface area contributed by atoms with Crippen LogP contribution in [0.5, 0.6) is 0 Å². The molecule has 0 heterocycles. The maximum absolute atomic E-state index is 11.8. The van der Waals surface area contributed by atoms with Crippen molar-refractivity contribution in [1.82, 2.24) is 0 Å². The molecule has 2 rings (SSSR count). The second-order valence-corrected chi connectivity index (χ2v) is 7.80. The molecule has 1 aromatic carbocycles. The van der Waals surface area contributed by atoms with Crippen LogP contribution in [0.25, 0.3) is 0 Å². The molecule has 0 radical (unpaired) electrons. The highest BCUT2D eigenvalue weighted by Crippen LogP contribution is 2.46. The molecule has 1 aliphatic rings. The summed E-state index contributed by atoms with van der Waals surface area (Å²) in [7, 11) is 0. The van der Waals surface area contributed by atoms with Gasteiger partial charge in [-0.3, -0.25) is 4.79 Å². The lowest BCUT2D eigenvalue weighted by atomic mass is 9.63. The van der Waals surface area contributed by atoms with Crippen LogP contribution in [0.4, 0.5) is 0 Å². The summed E-state index contributed by atoms with van der Waals surface area (Å²) in [4.78, 5) is 11.8. The Morgan fingerprint density at radius 1 is 1.16 bits per heavy atom. The van der Waals surface area contributed by atoms with Crippen LogP contribution in [-0.4, -0.2) is 11.1 Å². The molecule has 1 fully saturated rings. The Morgan fingerprint density at radius 2 is 1.68 bits per heavy atom. The molecule has 0 bridgehead atoms. The Balaban J connectivity index is 2.17. The zero-order valence-electron chi connectivity index (χ0n) is 11.6. The van der Waals surface area contributed by atoms with E-state index in [1.165, 1.54) is 3.57 Å². The summed E-state index contributed by atoms with van der Waals surface area (Å²) in [6, 6.07) is 8.23. The summed E-state index contributed by atoms with van der Waals surface area (Å²) in [5.74, 6) is -0.624. The molecule has 0 amide bonds. The van der Waals surface area contributed by atoms with Gasteiger partial charge in [0.1, 0.15) is 0 Å². The summed E-state index contributed by atoms with van der Waals surface area (Å²) >= 11 is 2.27. The van der Waals surface area contributed by atoms with Crippen LogP contribution in [-0.2, 0) is 11.2 Å². The molecule has 3 heteroatoms. The Labute approximate surface area is 128 Å². The van der Waals surface area contributed by atoms with Crippen LogP contribution in [0, 0.1) is 14.4 Å². The van der Waals surface area contributed by atoms with Gasteiger partial charge in [0.2, 0.25) is 0 Å². The highest BCUT2D eigenvalue weighted by atomic mass is 127.